The summed E-state index contributed by atoms with van der Waals surface area (Å²) >= 11 is 0. The molecule has 110 valence electrons. The van der Waals surface area contributed by atoms with Gasteiger partial charge in [0.25, 0.3) is 0 Å². The lowest BCUT2D eigenvalue weighted by Crippen LogP contribution is -2.39. The Bertz CT molecular complexity index is 447. The quantitative estimate of drug-likeness (QED) is 0.920. The van der Waals surface area contributed by atoms with E-state index in [-0.39, 0.29) is 12.5 Å². The molecule has 1 fully saturated rings. The third-order valence-electron chi connectivity index (χ3n) is 3.43. The zero-order chi connectivity index (χ0) is 14.6. The third kappa shape index (κ3) is 4.23. The van der Waals surface area contributed by atoms with E-state index < -0.39 is 12.1 Å². The Morgan fingerprint density at radius 3 is 2.65 bits per heavy atom. The summed E-state index contributed by atoms with van der Waals surface area (Å²) in [5.74, 6) is -1.76. The number of amides is 1. The number of hydrogen-bond acceptors (Lipinski definition) is 2. The maximum atomic E-state index is 12.1. The number of carbonyl (C=O) groups excluding carboxylic acids is 1. The summed E-state index contributed by atoms with van der Waals surface area (Å²) in [5.41, 5.74) is 1.19. The zero-order valence-corrected chi connectivity index (χ0v) is 11.0. The first-order valence-electron chi connectivity index (χ1n) is 6.56. The first-order chi connectivity index (χ1) is 9.45. The Morgan fingerprint density at radius 2 is 2.00 bits per heavy atom. The average molecular weight is 286 g/mol. The van der Waals surface area contributed by atoms with Gasteiger partial charge in [-0.05, 0) is 24.4 Å². The van der Waals surface area contributed by atoms with Crippen LogP contribution in [-0.4, -0.2) is 36.6 Å². The van der Waals surface area contributed by atoms with Crippen LogP contribution in [0.2, 0.25) is 0 Å². The van der Waals surface area contributed by atoms with Crippen LogP contribution < -0.4 is 5.32 Å². The van der Waals surface area contributed by atoms with Crippen molar-refractivity contribution in [3.05, 3.63) is 35.9 Å². The fourth-order valence-electron chi connectivity index (χ4n) is 2.40. The summed E-state index contributed by atoms with van der Waals surface area (Å²) in [5, 5.41) is 1.96. The van der Waals surface area contributed by atoms with E-state index in [1.807, 2.05) is 35.6 Å². The van der Waals surface area contributed by atoms with Crippen molar-refractivity contribution in [2.75, 3.05) is 19.6 Å². The van der Waals surface area contributed by atoms with Gasteiger partial charge in [-0.3, -0.25) is 9.69 Å². The van der Waals surface area contributed by atoms with Crippen molar-refractivity contribution in [2.45, 2.75) is 19.1 Å². The van der Waals surface area contributed by atoms with E-state index in [4.69, 9.17) is 0 Å². The van der Waals surface area contributed by atoms with Crippen molar-refractivity contribution in [3.8, 4) is 0 Å². The minimum atomic E-state index is -4.79. The Morgan fingerprint density at radius 1 is 1.30 bits per heavy atom. The summed E-state index contributed by atoms with van der Waals surface area (Å²) < 4.78 is 36.2. The zero-order valence-electron chi connectivity index (χ0n) is 11.0. The summed E-state index contributed by atoms with van der Waals surface area (Å²) in [6.07, 6.45) is -3.98. The van der Waals surface area contributed by atoms with Crippen LogP contribution in [0.1, 0.15) is 12.0 Å². The van der Waals surface area contributed by atoms with Crippen molar-refractivity contribution < 1.29 is 18.0 Å². The lowest BCUT2D eigenvalue weighted by atomic mass is 10.1. The molecule has 1 atom stereocenters. The molecular weight excluding hydrogens is 269 g/mol. The highest BCUT2D eigenvalue weighted by atomic mass is 19.4. The van der Waals surface area contributed by atoms with E-state index in [2.05, 4.69) is 4.90 Å². The molecule has 20 heavy (non-hydrogen) atoms. The summed E-state index contributed by atoms with van der Waals surface area (Å²) in [7, 11) is 0. The number of hydrogen-bond donors (Lipinski definition) is 1. The van der Waals surface area contributed by atoms with Gasteiger partial charge in [-0.2, -0.15) is 13.2 Å². The normalized spacial score (nSPS) is 20.1. The SMILES string of the molecule is O=C(NC[C@H]1CCN(Cc2ccccc2)C1)C(F)(F)F. The molecule has 1 heterocycles. The van der Waals surface area contributed by atoms with Gasteiger partial charge in [-0.25, -0.2) is 0 Å². The van der Waals surface area contributed by atoms with Crippen LogP contribution in [0.3, 0.4) is 0 Å². The predicted molar refractivity (Wildman–Crippen MR) is 68.9 cm³/mol. The lowest BCUT2D eigenvalue weighted by Gasteiger charge is -2.16. The fourth-order valence-corrected chi connectivity index (χ4v) is 2.40. The van der Waals surface area contributed by atoms with Crippen molar-refractivity contribution in [2.24, 2.45) is 5.92 Å². The highest BCUT2D eigenvalue weighted by Gasteiger charge is 2.38. The minimum Gasteiger partial charge on any atom is -0.348 e. The molecule has 6 heteroatoms. The van der Waals surface area contributed by atoms with Crippen LogP contribution in [-0.2, 0) is 11.3 Å². The van der Waals surface area contributed by atoms with Gasteiger partial charge in [0.15, 0.2) is 0 Å². The molecule has 1 aromatic rings. The Kier molecular flexibility index (Phi) is 4.65. The smallest absolute Gasteiger partial charge is 0.348 e. The fraction of sp³-hybridized carbons (Fsp3) is 0.500. The molecule has 1 amide bonds. The molecule has 1 aliphatic rings. The molecule has 1 aromatic carbocycles. The second-order valence-electron chi connectivity index (χ2n) is 5.08. The number of carbonyl (C=O) groups is 1. The maximum absolute atomic E-state index is 12.1. The number of alkyl halides is 3. The molecule has 1 saturated heterocycles. The number of nitrogens with one attached hydrogen (secondary N) is 1. The molecule has 0 aliphatic carbocycles. The second kappa shape index (κ2) is 6.26. The summed E-state index contributed by atoms with van der Waals surface area (Å²) in [6.45, 7) is 2.45. The Balaban J connectivity index is 1.74. The van der Waals surface area contributed by atoms with Crippen LogP contribution in [0.4, 0.5) is 13.2 Å². The van der Waals surface area contributed by atoms with Gasteiger partial charge in [0.05, 0.1) is 0 Å². The van der Waals surface area contributed by atoms with Gasteiger partial charge < -0.3 is 5.32 Å². The van der Waals surface area contributed by atoms with Gasteiger partial charge >= 0.3 is 12.1 Å². The van der Waals surface area contributed by atoms with E-state index in [0.29, 0.717) is 6.54 Å². The first-order valence-corrected chi connectivity index (χ1v) is 6.56. The van der Waals surface area contributed by atoms with Gasteiger partial charge in [-0.15, -0.1) is 0 Å². The van der Waals surface area contributed by atoms with Gasteiger partial charge in [0, 0.05) is 19.6 Å². The van der Waals surface area contributed by atoms with Gasteiger partial charge in [0.2, 0.25) is 0 Å². The lowest BCUT2D eigenvalue weighted by molar-refractivity contribution is -0.173. The van der Waals surface area contributed by atoms with Crippen molar-refractivity contribution >= 4 is 5.91 Å². The Labute approximate surface area is 115 Å². The Hall–Kier alpha value is -1.56. The van der Waals surface area contributed by atoms with Crippen molar-refractivity contribution in [1.29, 1.82) is 0 Å². The molecule has 0 aromatic heterocycles. The van der Waals surface area contributed by atoms with Gasteiger partial charge in [0.1, 0.15) is 0 Å². The van der Waals surface area contributed by atoms with Gasteiger partial charge in [-0.1, -0.05) is 30.3 Å². The van der Waals surface area contributed by atoms with E-state index in [1.165, 1.54) is 5.56 Å². The molecule has 0 bridgehead atoms. The maximum Gasteiger partial charge on any atom is 0.471 e. The molecule has 0 radical (unpaired) electrons. The van der Waals surface area contributed by atoms with Crippen LogP contribution in [0.15, 0.2) is 30.3 Å². The highest BCUT2D eigenvalue weighted by molar-refractivity contribution is 5.81. The molecule has 0 spiro atoms. The van der Waals surface area contributed by atoms with Crippen LogP contribution in [0.5, 0.6) is 0 Å². The molecule has 0 saturated carbocycles. The predicted octanol–water partition coefficient (Wildman–Crippen LogP) is 2.19. The third-order valence-corrected chi connectivity index (χ3v) is 3.43. The van der Waals surface area contributed by atoms with Crippen molar-refractivity contribution in [3.63, 3.8) is 0 Å². The first kappa shape index (κ1) is 14.8. The largest absolute Gasteiger partial charge is 0.471 e. The molecule has 2 rings (SSSR count). The van der Waals surface area contributed by atoms with E-state index in [0.717, 1.165) is 19.5 Å². The van der Waals surface area contributed by atoms with Crippen LogP contribution in [0, 0.1) is 5.92 Å². The number of likely N-dealkylation sites (tertiary alicyclic amines) is 1. The molecule has 1 aliphatic heterocycles. The summed E-state index contributed by atoms with van der Waals surface area (Å²) in [4.78, 5) is 12.9. The topological polar surface area (TPSA) is 32.3 Å². The summed E-state index contributed by atoms with van der Waals surface area (Å²) in [6, 6.07) is 9.93. The van der Waals surface area contributed by atoms with E-state index >= 15 is 0 Å². The minimum absolute atomic E-state index is 0.0869. The second-order valence-corrected chi connectivity index (χ2v) is 5.08. The van der Waals surface area contributed by atoms with E-state index in [1.54, 1.807) is 0 Å². The average Bonchev–Trinajstić information content (AvgIpc) is 2.83. The van der Waals surface area contributed by atoms with Crippen LogP contribution >= 0.6 is 0 Å². The van der Waals surface area contributed by atoms with E-state index in [9.17, 15) is 18.0 Å². The molecule has 1 N–H and O–H groups in total. The number of nitrogens with zero attached hydrogens (tertiary/aromatic N) is 1. The molecule has 3 nitrogen and oxygen atoms in total. The highest BCUT2D eigenvalue weighted by Crippen LogP contribution is 2.19. The molecular formula is C14H17F3N2O. The van der Waals surface area contributed by atoms with Crippen LogP contribution in [0.25, 0.3) is 0 Å². The number of benzene rings is 1. The monoisotopic (exact) mass is 286 g/mol. The molecule has 0 unspecified atom stereocenters. The van der Waals surface area contributed by atoms with Crippen molar-refractivity contribution in [1.82, 2.24) is 10.2 Å². The standard InChI is InChI=1S/C14H17F3N2O/c15-14(16,17)13(20)18-8-12-6-7-19(10-12)9-11-4-2-1-3-5-11/h1-5,12H,6-10H2,(H,18,20)/t12-/m1/s1. The number of rotatable bonds is 4. The number of halogens is 3.